The number of amides is 2. The van der Waals surface area contributed by atoms with Crippen molar-refractivity contribution in [2.24, 2.45) is 17.8 Å². The third-order valence-corrected chi connectivity index (χ3v) is 6.27. The Morgan fingerprint density at radius 2 is 2.22 bits per heavy atom. The molecule has 3 aliphatic carbocycles. The first-order valence-corrected chi connectivity index (χ1v) is 10.1. The van der Waals surface area contributed by atoms with Gasteiger partial charge in [0.2, 0.25) is 5.91 Å². The average molecular weight is 372 g/mol. The van der Waals surface area contributed by atoms with Crippen LogP contribution in [0.5, 0.6) is 5.75 Å². The largest absolute Gasteiger partial charge is 0.467 e. The number of fused-ring (bicyclic) bond motifs is 3. The lowest BCUT2D eigenvalue weighted by Crippen LogP contribution is -2.66. The molecule has 1 aromatic carbocycles. The topological polar surface area (TPSA) is 76.7 Å². The fourth-order valence-corrected chi connectivity index (χ4v) is 4.94. The number of ether oxygens (including phenoxy) is 2. The molecular formula is C21H28N2O4. The zero-order valence-corrected chi connectivity index (χ0v) is 15.8. The zero-order chi connectivity index (χ0) is 18.9. The number of hydrogen-bond donors (Lipinski definition) is 2. The van der Waals surface area contributed by atoms with Gasteiger partial charge in [0.1, 0.15) is 5.75 Å². The maximum Gasteiger partial charge on any atom is 0.258 e. The van der Waals surface area contributed by atoms with Gasteiger partial charge >= 0.3 is 0 Å². The van der Waals surface area contributed by atoms with Crippen molar-refractivity contribution in [1.82, 2.24) is 10.6 Å². The van der Waals surface area contributed by atoms with E-state index in [4.69, 9.17) is 9.47 Å². The maximum absolute atomic E-state index is 12.7. The van der Waals surface area contributed by atoms with Crippen LogP contribution >= 0.6 is 0 Å². The number of carbonyl (C=O) groups is 2. The quantitative estimate of drug-likeness (QED) is 0.752. The Bertz CT molecular complexity index is 722. The Labute approximate surface area is 160 Å². The maximum atomic E-state index is 12.7. The Kier molecular flexibility index (Phi) is 5.08. The molecule has 2 bridgehead atoms. The van der Waals surface area contributed by atoms with Gasteiger partial charge in [0.15, 0.2) is 5.72 Å². The van der Waals surface area contributed by atoms with E-state index < -0.39 is 5.72 Å². The average Bonchev–Trinajstić information content (AvgIpc) is 2.68. The van der Waals surface area contributed by atoms with Gasteiger partial charge in [-0.2, -0.15) is 0 Å². The molecular weight excluding hydrogens is 344 g/mol. The number of hydrogen-bond acceptors (Lipinski definition) is 4. The molecule has 0 aromatic heterocycles. The van der Waals surface area contributed by atoms with Crippen molar-refractivity contribution in [2.75, 3.05) is 19.8 Å². The SMILES string of the molecule is CCOCCCNC(=O)[C@H]1C[C@H]2CC[C@@H]1C[C@@]21NC(=O)c2ccccc2O1. The highest BCUT2D eigenvalue weighted by atomic mass is 16.5. The molecule has 2 amide bonds. The minimum Gasteiger partial charge on any atom is -0.467 e. The van der Waals surface area contributed by atoms with Crippen molar-refractivity contribution < 1.29 is 19.1 Å². The first-order valence-electron chi connectivity index (χ1n) is 10.1. The lowest BCUT2D eigenvalue weighted by molar-refractivity contribution is -0.146. The molecule has 4 aliphatic rings. The Morgan fingerprint density at radius 3 is 3.00 bits per heavy atom. The lowest BCUT2D eigenvalue weighted by atomic mass is 9.60. The van der Waals surface area contributed by atoms with Crippen molar-refractivity contribution in [3.8, 4) is 5.75 Å². The molecule has 1 spiro atoms. The number of para-hydroxylation sites is 1. The summed E-state index contributed by atoms with van der Waals surface area (Å²) in [6, 6.07) is 7.39. The van der Waals surface area contributed by atoms with Crippen LogP contribution in [0.3, 0.4) is 0 Å². The molecule has 6 heteroatoms. The van der Waals surface area contributed by atoms with E-state index in [2.05, 4.69) is 10.6 Å². The van der Waals surface area contributed by atoms with Crippen LogP contribution in [0.4, 0.5) is 0 Å². The molecule has 1 aromatic rings. The molecule has 5 rings (SSSR count). The van der Waals surface area contributed by atoms with Crippen LogP contribution in [0.25, 0.3) is 0 Å². The second-order valence-electron chi connectivity index (χ2n) is 7.86. The van der Waals surface area contributed by atoms with Gasteiger partial charge in [-0.1, -0.05) is 12.1 Å². The van der Waals surface area contributed by atoms with E-state index in [1.807, 2.05) is 25.1 Å². The van der Waals surface area contributed by atoms with Crippen LogP contribution in [-0.2, 0) is 9.53 Å². The minimum atomic E-state index is -0.653. The van der Waals surface area contributed by atoms with Gasteiger partial charge in [-0.05, 0) is 50.7 Å². The lowest BCUT2D eigenvalue weighted by Gasteiger charge is -2.55. The molecule has 27 heavy (non-hydrogen) atoms. The molecule has 146 valence electrons. The summed E-state index contributed by atoms with van der Waals surface area (Å²) in [4.78, 5) is 25.3. The third kappa shape index (κ3) is 3.43. The van der Waals surface area contributed by atoms with E-state index in [1.165, 1.54) is 0 Å². The van der Waals surface area contributed by atoms with Crippen molar-refractivity contribution in [3.05, 3.63) is 29.8 Å². The highest BCUT2D eigenvalue weighted by molar-refractivity contribution is 5.98. The highest BCUT2D eigenvalue weighted by Gasteiger charge is 2.57. The van der Waals surface area contributed by atoms with Gasteiger partial charge in [0.25, 0.3) is 5.91 Å². The Hall–Kier alpha value is -2.08. The smallest absolute Gasteiger partial charge is 0.258 e. The summed E-state index contributed by atoms with van der Waals surface area (Å²) >= 11 is 0. The first-order chi connectivity index (χ1) is 13.1. The fraction of sp³-hybridized carbons (Fsp3) is 0.619. The Morgan fingerprint density at radius 1 is 1.37 bits per heavy atom. The van der Waals surface area contributed by atoms with Crippen LogP contribution < -0.4 is 15.4 Å². The fourth-order valence-electron chi connectivity index (χ4n) is 4.94. The summed E-state index contributed by atoms with van der Waals surface area (Å²) in [6.07, 6.45) is 4.31. The van der Waals surface area contributed by atoms with Gasteiger partial charge in [0.05, 0.1) is 5.56 Å². The zero-order valence-electron chi connectivity index (χ0n) is 15.8. The van der Waals surface area contributed by atoms with Gasteiger partial charge in [-0.3, -0.25) is 9.59 Å². The van der Waals surface area contributed by atoms with Crippen molar-refractivity contribution in [2.45, 2.75) is 44.8 Å². The van der Waals surface area contributed by atoms with Gasteiger partial charge in [0, 0.05) is 38.0 Å². The van der Waals surface area contributed by atoms with E-state index in [1.54, 1.807) is 6.07 Å². The van der Waals surface area contributed by atoms with Crippen molar-refractivity contribution in [3.63, 3.8) is 0 Å². The van der Waals surface area contributed by atoms with Crippen LogP contribution in [0.15, 0.2) is 24.3 Å². The van der Waals surface area contributed by atoms with E-state index in [-0.39, 0.29) is 29.6 Å². The molecule has 0 saturated heterocycles. The second-order valence-corrected chi connectivity index (χ2v) is 7.86. The van der Waals surface area contributed by atoms with Gasteiger partial charge in [-0.15, -0.1) is 0 Å². The van der Waals surface area contributed by atoms with E-state index >= 15 is 0 Å². The molecule has 3 fully saturated rings. The highest BCUT2D eigenvalue weighted by Crippen LogP contribution is 2.52. The third-order valence-electron chi connectivity index (χ3n) is 6.27. The van der Waals surface area contributed by atoms with Crippen molar-refractivity contribution in [1.29, 1.82) is 0 Å². The number of carbonyl (C=O) groups excluding carboxylic acids is 2. The predicted molar refractivity (Wildman–Crippen MR) is 100 cm³/mol. The van der Waals surface area contributed by atoms with E-state index in [0.29, 0.717) is 37.5 Å². The van der Waals surface area contributed by atoms with Gasteiger partial charge < -0.3 is 20.1 Å². The summed E-state index contributed by atoms with van der Waals surface area (Å²) in [7, 11) is 0. The van der Waals surface area contributed by atoms with Gasteiger partial charge in [-0.25, -0.2) is 0 Å². The summed E-state index contributed by atoms with van der Waals surface area (Å²) < 4.78 is 11.7. The normalized spacial score (nSPS) is 31.1. The number of nitrogens with one attached hydrogen (secondary N) is 2. The van der Waals surface area contributed by atoms with Crippen molar-refractivity contribution >= 4 is 11.8 Å². The molecule has 4 atom stereocenters. The standard InChI is InChI=1S/C21H28N2O4/c1-2-26-11-5-10-22-19(24)17-12-15-9-8-14(17)13-21(15)23-20(25)16-6-3-4-7-18(16)27-21/h3-4,6-7,14-15,17H,2,5,8-13H2,1H3,(H,22,24)(H,23,25)/t14-,15-,17+,21+/m1/s1. The summed E-state index contributed by atoms with van der Waals surface area (Å²) in [6.45, 7) is 4.00. The van der Waals surface area contributed by atoms with E-state index in [9.17, 15) is 9.59 Å². The Balaban J connectivity index is 1.41. The summed E-state index contributed by atoms with van der Waals surface area (Å²) in [5, 5.41) is 6.20. The molecule has 2 N–H and O–H groups in total. The molecule has 1 heterocycles. The summed E-state index contributed by atoms with van der Waals surface area (Å²) in [5.74, 6) is 1.15. The molecule has 6 nitrogen and oxygen atoms in total. The number of rotatable bonds is 6. The van der Waals surface area contributed by atoms with Crippen LogP contribution in [-0.4, -0.2) is 37.3 Å². The molecule has 1 aliphatic heterocycles. The van der Waals surface area contributed by atoms with Crippen LogP contribution in [0, 0.1) is 17.8 Å². The molecule has 0 unspecified atom stereocenters. The first kappa shape index (κ1) is 18.3. The second kappa shape index (κ2) is 7.50. The molecule has 3 saturated carbocycles. The van der Waals surface area contributed by atoms with Crippen LogP contribution in [0.1, 0.15) is 49.4 Å². The van der Waals surface area contributed by atoms with Crippen LogP contribution in [0.2, 0.25) is 0 Å². The van der Waals surface area contributed by atoms with E-state index in [0.717, 1.165) is 25.7 Å². The summed E-state index contributed by atoms with van der Waals surface area (Å²) in [5.41, 5.74) is -0.0618. The predicted octanol–water partition coefficient (Wildman–Crippen LogP) is 2.48. The monoisotopic (exact) mass is 372 g/mol. The minimum absolute atomic E-state index is 0.0131. The molecule has 0 radical (unpaired) electrons. The number of benzene rings is 1.